The third-order valence-corrected chi connectivity index (χ3v) is 3.81. The van der Waals surface area contributed by atoms with Crippen LogP contribution in [-0.4, -0.2) is 41.3 Å². The number of Topliss-reactive ketones (excluding diaryl/α,β-unsaturated/α-hetero) is 1. The summed E-state index contributed by atoms with van der Waals surface area (Å²) in [6.45, 7) is 0. The van der Waals surface area contributed by atoms with E-state index in [4.69, 9.17) is 23.7 Å². The molecule has 6 nitrogen and oxygen atoms in total. The molecule has 138 valence electrons. The zero-order valence-electron chi connectivity index (χ0n) is 15.5. The van der Waals surface area contributed by atoms with Gasteiger partial charge in [0.1, 0.15) is 0 Å². The Morgan fingerprint density at radius 1 is 0.731 bits per heavy atom. The van der Waals surface area contributed by atoms with Gasteiger partial charge >= 0.3 is 0 Å². The van der Waals surface area contributed by atoms with E-state index < -0.39 is 0 Å². The number of carbonyl (C=O) groups is 1. The van der Waals surface area contributed by atoms with Crippen molar-refractivity contribution in [1.29, 1.82) is 0 Å². The fraction of sp³-hybridized carbons (Fsp3) is 0.250. The van der Waals surface area contributed by atoms with Crippen molar-refractivity contribution in [2.45, 2.75) is 0 Å². The average molecular weight is 358 g/mol. The highest BCUT2D eigenvalue weighted by molar-refractivity contribution is 6.11. The van der Waals surface area contributed by atoms with Crippen molar-refractivity contribution in [2.75, 3.05) is 35.5 Å². The number of benzene rings is 2. The van der Waals surface area contributed by atoms with Crippen LogP contribution in [0.1, 0.15) is 15.9 Å². The molecule has 0 radical (unpaired) electrons. The topological polar surface area (TPSA) is 63.2 Å². The van der Waals surface area contributed by atoms with Crippen molar-refractivity contribution >= 4 is 11.5 Å². The molecule has 0 atom stereocenters. The number of hydrogen-bond donors (Lipinski definition) is 0. The largest absolute Gasteiger partial charge is 0.493 e. The predicted molar refractivity (Wildman–Crippen MR) is 97.8 cm³/mol. The highest BCUT2D eigenvalue weighted by atomic mass is 16.5. The smallest absolute Gasteiger partial charge is 0.231 e. The molecule has 26 heavy (non-hydrogen) atoms. The number of hydrogen-bond acceptors (Lipinski definition) is 6. The zero-order chi connectivity index (χ0) is 19.1. The Morgan fingerprint density at radius 2 is 1.38 bits per heavy atom. The molecular weight excluding hydrogens is 336 g/mol. The van der Waals surface area contributed by atoms with Gasteiger partial charge in [0.15, 0.2) is 17.3 Å². The normalized spacial score (nSPS) is 11.3. The van der Waals surface area contributed by atoms with Crippen LogP contribution in [-0.2, 0) is 9.47 Å². The first-order valence-corrected chi connectivity index (χ1v) is 7.84. The second-order valence-electron chi connectivity index (χ2n) is 5.14. The van der Waals surface area contributed by atoms with Crippen molar-refractivity contribution < 1.29 is 28.5 Å². The van der Waals surface area contributed by atoms with Crippen LogP contribution < -0.4 is 14.2 Å². The van der Waals surface area contributed by atoms with Crippen LogP contribution in [0.4, 0.5) is 0 Å². The molecule has 0 amide bonds. The lowest BCUT2D eigenvalue weighted by molar-refractivity contribution is 0.0947. The summed E-state index contributed by atoms with van der Waals surface area (Å²) in [4.78, 5) is 12.9. The monoisotopic (exact) mass is 358 g/mol. The Bertz CT molecular complexity index is 795. The predicted octanol–water partition coefficient (Wildman–Crippen LogP) is 3.56. The second-order valence-corrected chi connectivity index (χ2v) is 5.14. The third-order valence-electron chi connectivity index (χ3n) is 3.81. The fourth-order valence-corrected chi connectivity index (χ4v) is 2.61. The molecule has 0 saturated carbocycles. The van der Waals surface area contributed by atoms with E-state index in [0.29, 0.717) is 28.4 Å². The van der Waals surface area contributed by atoms with Crippen LogP contribution in [0.5, 0.6) is 17.2 Å². The maximum absolute atomic E-state index is 12.9. The fourth-order valence-electron chi connectivity index (χ4n) is 2.61. The molecule has 0 saturated heterocycles. The Hall–Kier alpha value is -3.15. The van der Waals surface area contributed by atoms with Gasteiger partial charge in [0.2, 0.25) is 17.3 Å². The standard InChI is InChI=1S/C20H22O6/c1-22-15-12-11-14(17(23-2)19(15)25-4)18(24-3)20(26-5)16(21)13-9-7-6-8-10-13/h6-12H,1-5H3. The summed E-state index contributed by atoms with van der Waals surface area (Å²) in [5, 5.41) is 0. The molecule has 0 heterocycles. The number of methoxy groups -OCH3 is 5. The molecule has 2 aromatic carbocycles. The molecule has 0 aliphatic rings. The van der Waals surface area contributed by atoms with Gasteiger partial charge in [-0.15, -0.1) is 0 Å². The van der Waals surface area contributed by atoms with Crippen LogP contribution in [0.25, 0.3) is 5.76 Å². The molecule has 0 aliphatic carbocycles. The summed E-state index contributed by atoms with van der Waals surface area (Å²) in [6, 6.07) is 12.2. The lowest BCUT2D eigenvalue weighted by Gasteiger charge is -2.18. The maximum Gasteiger partial charge on any atom is 0.231 e. The molecule has 2 rings (SSSR count). The SMILES string of the molecule is COC(C(=O)c1ccccc1)=C(OC)c1ccc(OC)c(OC)c1OC. The molecule has 6 heteroatoms. The van der Waals surface area contributed by atoms with E-state index in [1.54, 1.807) is 36.4 Å². The minimum atomic E-state index is -0.304. The first-order chi connectivity index (χ1) is 12.6. The van der Waals surface area contributed by atoms with E-state index >= 15 is 0 Å². The minimum absolute atomic E-state index is 0.0595. The van der Waals surface area contributed by atoms with Gasteiger partial charge < -0.3 is 23.7 Å². The van der Waals surface area contributed by atoms with Crippen LogP contribution in [0.3, 0.4) is 0 Å². The van der Waals surface area contributed by atoms with Crippen molar-refractivity contribution in [3.63, 3.8) is 0 Å². The van der Waals surface area contributed by atoms with Crippen LogP contribution in [0.2, 0.25) is 0 Å². The minimum Gasteiger partial charge on any atom is -0.493 e. The van der Waals surface area contributed by atoms with Gasteiger partial charge in [-0.05, 0) is 12.1 Å². The van der Waals surface area contributed by atoms with Crippen LogP contribution >= 0.6 is 0 Å². The average Bonchev–Trinajstić information content (AvgIpc) is 2.70. The Kier molecular flexibility index (Phi) is 6.49. The lowest BCUT2D eigenvalue weighted by atomic mass is 10.0. The quantitative estimate of drug-likeness (QED) is 0.408. The number of allylic oxidation sites excluding steroid dienone is 1. The van der Waals surface area contributed by atoms with Gasteiger partial charge in [-0.3, -0.25) is 4.79 Å². The highest BCUT2D eigenvalue weighted by Crippen LogP contribution is 2.43. The van der Waals surface area contributed by atoms with E-state index in [9.17, 15) is 4.79 Å². The zero-order valence-corrected chi connectivity index (χ0v) is 15.5. The van der Waals surface area contributed by atoms with E-state index in [-0.39, 0.29) is 17.3 Å². The summed E-state index contributed by atoms with van der Waals surface area (Å²) >= 11 is 0. The Labute approximate surface area is 152 Å². The summed E-state index contributed by atoms with van der Waals surface area (Å²) in [7, 11) is 7.42. The van der Waals surface area contributed by atoms with E-state index in [0.717, 1.165) is 0 Å². The Morgan fingerprint density at radius 3 is 1.88 bits per heavy atom. The van der Waals surface area contributed by atoms with Crippen LogP contribution in [0, 0.1) is 0 Å². The van der Waals surface area contributed by atoms with Crippen molar-refractivity contribution in [3.05, 3.63) is 59.4 Å². The summed E-state index contributed by atoms with van der Waals surface area (Å²) in [5.74, 6) is 1.26. The summed E-state index contributed by atoms with van der Waals surface area (Å²) in [6.07, 6.45) is 0. The molecule has 2 aromatic rings. The molecule has 0 spiro atoms. The van der Waals surface area contributed by atoms with Gasteiger partial charge in [0, 0.05) is 5.56 Å². The van der Waals surface area contributed by atoms with Gasteiger partial charge in [-0.25, -0.2) is 0 Å². The van der Waals surface area contributed by atoms with Gasteiger partial charge in [0.05, 0.1) is 41.1 Å². The van der Waals surface area contributed by atoms with Crippen molar-refractivity contribution in [1.82, 2.24) is 0 Å². The number of rotatable bonds is 8. The lowest BCUT2D eigenvalue weighted by Crippen LogP contribution is -2.10. The third kappa shape index (κ3) is 3.59. The number of carbonyl (C=O) groups excluding carboxylic acids is 1. The summed E-state index contributed by atoms with van der Waals surface area (Å²) < 4.78 is 27.1. The van der Waals surface area contributed by atoms with Gasteiger partial charge in [-0.1, -0.05) is 30.3 Å². The molecular formula is C20H22O6. The van der Waals surface area contributed by atoms with E-state index in [1.807, 2.05) is 6.07 Å². The Balaban J connectivity index is 2.68. The molecule has 0 fully saturated rings. The molecule has 0 aromatic heterocycles. The molecule has 0 aliphatic heterocycles. The van der Waals surface area contributed by atoms with Crippen LogP contribution in [0.15, 0.2) is 48.2 Å². The maximum atomic E-state index is 12.9. The summed E-state index contributed by atoms with van der Waals surface area (Å²) in [5.41, 5.74) is 0.993. The molecule has 0 N–H and O–H groups in total. The molecule has 0 bridgehead atoms. The first kappa shape index (κ1) is 19.2. The van der Waals surface area contributed by atoms with Gasteiger partial charge in [-0.2, -0.15) is 0 Å². The number of ketones is 1. The second kappa shape index (κ2) is 8.80. The number of ether oxygens (including phenoxy) is 5. The van der Waals surface area contributed by atoms with E-state index in [1.165, 1.54) is 35.5 Å². The van der Waals surface area contributed by atoms with E-state index in [2.05, 4.69) is 0 Å². The first-order valence-electron chi connectivity index (χ1n) is 7.84. The van der Waals surface area contributed by atoms with Gasteiger partial charge in [0.25, 0.3) is 0 Å². The molecule has 0 unspecified atom stereocenters. The van der Waals surface area contributed by atoms with Crippen molar-refractivity contribution in [2.24, 2.45) is 0 Å². The highest BCUT2D eigenvalue weighted by Gasteiger charge is 2.26. The van der Waals surface area contributed by atoms with Crippen molar-refractivity contribution in [3.8, 4) is 17.2 Å².